The number of methoxy groups -OCH3 is 1. The molecule has 1 atom stereocenters. The third-order valence-corrected chi connectivity index (χ3v) is 7.26. The summed E-state index contributed by atoms with van der Waals surface area (Å²) < 4.78 is 19.3. The first kappa shape index (κ1) is 22.7. The van der Waals surface area contributed by atoms with Crippen LogP contribution in [0.15, 0.2) is 47.2 Å². The summed E-state index contributed by atoms with van der Waals surface area (Å²) in [5, 5.41) is 5.14. The van der Waals surface area contributed by atoms with Crippen molar-refractivity contribution in [2.24, 2.45) is 0 Å². The second-order valence-electron chi connectivity index (χ2n) is 9.42. The van der Waals surface area contributed by atoms with Gasteiger partial charge < -0.3 is 18.6 Å². The Labute approximate surface area is 209 Å². The first-order valence-corrected chi connectivity index (χ1v) is 12.4. The van der Waals surface area contributed by atoms with Crippen LogP contribution < -0.4 is 4.74 Å². The highest BCUT2D eigenvalue weighted by Crippen LogP contribution is 2.41. The van der Waals surface area contributed by atoms with E-state index >= 15 is 0 Å². The van der Waals surface area contributed by atoms with Gasteiger partial charge in [-0.3, -0.25) is 9.97 Å². The number of hydrogen-bond donors (Lipinski definition) is 0. The van der Waals surface area contributed by atoms with Gasteiger partial charge in [-0.2, -0.15) is 0 Å². The number of imidazole rings is 1. The van der Waals surface area contributed by atoms with E-state index in [1.54, 1.807) is 7.11 Å². The molecule has 184 valence electrons. The Balaban J connectivity index is 1.64. The molecule has 8 nitrogen and oxygen atoms in total. The molecule has 1 fully saturated rings. The van der Waals surface area contributed by atoms with Gasteiger partial charge in [-0.25, -0.2) is 4.98 Å². The second kappa shape index (κ2) is 9.02. The SMILES string of the molecule is COc1cc2c(cc1-c1c(C)noc1C)ncc1nc(C3CCOCC3)n([C@@H](C)c3ccccn3)c12. The Kier molecular flexibility index (Phi) is 5.68. The molecule has 0 radical (unpaired) electrons. The molecule has 0 amide bonds. The summed E-state index contributed by atoms with van der Waals surface area (Å²) in [5.74, 6) is 2.88. The number of aromatic nitrogens is 5. The van der Waals surface area contributed by atoms with Crippen LogP contribution in [0.2, 0.25) is 0 Å². The smallest absolute Gasteiger partial charge is 0.141 e. The predicted molar refractivity (Wildman–Crippen MR) is 137 cm³/mol. The number of ether oxygens (including phenoxy) is 2. The van der Waals surface area contributed by atoms with Gasteiger partial charge in [0.1, 0.15) is 22.9 Å². The monoisotopic (exact) mass is 483 g/mol. The van der Waals surface area contributed by atoms with Crippen LogP contribution in [0.5, 0.6) is 5.75 Å². The fraction of sp³-hybridized carbons (Fsp3) is 0.357. The summed E-state index contributed by atoms with van der Waals surface area (Å²) in [7, 11) is 1.69. The molecule has 0 saturated carbocycles. The number of aryl methyl sites for hydroxylation is 2. The topological polar surface area (TPSA) is 88.1 Å². The van der Waals surface area contributed by atoms with Crippen LogP contribution in [0, 0.1) is 13.8 Å². The fourth-order valence-corrected chi connectivity index (χ4v) is 5.44. The van der Waals surface area contributed by atoms with Crippen molar-refractivity contribution < 1.29 is 14.0 Å². The van der Waals surface area contributed by atoms with Crippen molar-refractivity contribution in [1.82, 2.24) is 24.7 Å². The van der Waals surface area contributed by atoms with Crippen LogP contribution in [0.1, 0.15) is 54.7 Å². The number of pyridine rings is 2. The van der Waals surface area contributed by atoms with Gasteiger partial charge in [0.25, 0.3) is 0 Å². The lowest BCUT2D eigenvalue weighted by Gasteiger charge is -2.25. The van der Waals surface area contributed by atoms with Gasteiger partial charge in [0.15, 0.2) is 0 Å². The molecule has 1 aromatic carbocycles. The molecular weight excluding hydrogens is 454 g/mol. The van der Waals surface area contributed by atoms with Crippen LogP contribution in [0.4, 0.5) is 0 Å². The molecule has 8 heteroatoms. The molecule has 0 aliphatic carbocycles. The summed E-state index contributed by atoms with van der Waals surface area (Å²) in [5.41, 5.74) is 6.46. The highest BCUT2D eigenvalue weighted by atomic mass is 16.5. The van der Waals surface area contributed by atoms with Gasteiger partial charge in [-0.05, 0) is 57.9 Å². The highest BCUT2D eigenvalue weighted by Gasteiger charge is 2.28. The Morgan fingerprint density at radius 2 is 1.92 bits per heavy atom. The fourth-order valence-electron chi connectivity index (χ4n) is 5.44. The average molecular weight is 484 g/mol. The summed E-state index contributed by atoms with van der Waals surface area (Å²) in [6.45, 7) is 7.54. The zero-order valence-corrected chi connectivity index (χ0v) is 21.0. The predicted octanol–water partition coefficient (Wildman–Crippen LogP) is 5.76. The number of fused-ring (bicyclic) bond motifs is 3. The van der Waals surface area contributed by atoms with Crippen molar-refractivity contribution in [3.8, 4) is 16.9 Å². The Morgan fingerprint density at radius 1 is 1.08 bits per heavy atom. The lowest BCUT2D eigenvalue weighted by Crippen LogP contribution is -2.20. The van der Waals surface area contributed by atoms with E-state index in [4.69, 9.17) is 24.0 Å². The summed E-state index contributed by atoms with van der Waals surface area (Å²) >= 11 is 0. The molecule has 6 rings (SSSR count). The minimum absolute atomic E-state index is 0.00659. The van der Waals surface area contributed by atoms with E-state index in [9.17, 15) is 0 Å². The molecule has 1 saturated heterocycles. The van der Waals surface area contributed by atoms with E-state index in [1.165, 1.54) is 0 Å². The van der Waals surface area contributed by atoms with Crippen LogP contribution >= 0.6 is 0 Å². The molecule has 0 N–H and O–H groups in total. The minimum atomic E-state index is -0.00659. The molecule has 4 aromatic heterocycles. The first-order chi connectivity index (χ1) is 17.6. The van der Waals surface area contributed by atoms with Crippen molar-refractivity contribution in [2.45, 2.75) is 45.6 Å². The van der Waals surface area contributed by atoms with E-state index in [2.05, 4.69) is 39.8 Å². The van der Waals surface area contributed by atoms with Gasteiger partial charge in [0, 0.05) is 36.3 Å². The minimum Gasteiger partial charge on any atom is -0.496 e. The second-order valence-corrected chi connectivity index (χ2v) is 9.42. The van der Waals surface area contributed by atoms with Crippen LogP contribution in [0.25, 0.3) is 33.1 Å². The highest BCUT2D eigenvalue weighted by molar-refractivity contribution is 6.05. The molecular formula is C28H29N5O3. The molecule has 5 heterocycles. The van der Waals surface area contributed by atoms with Crippen LogP contribution in [-0.4, -0.2) is 45.0 Å². The van der Waals surface area contributed by atoms with E-state index in [0.29, 0.717) is 5.92 Å². The summed E-state index contributed by atoms with van der Waals surface area (Å²) in [4.78, 5) is 14.6. The summed E-state index contributed by atoms with van der Waals surface area (Å²) in [6, 6.07) is 10.2. The molecule has 0 bridgehead atoms. The van der Waals surface area contributed by atoms with Crippen molar-refractivity contribution >= 4 is 21.9 Å². The molecule has 5 aromatic rings. The third-order valence-electron chi connectivity index (χ3n) is 7.26. The van der Waals surface area contributed by atoms with E-state index < -0.39 is 0 Å². The third kappa shape index (κ3) is 3.64. The molecule has 0 unspecified atom stereocenters. The zero-order valence-electron chi connectivity index (χ0n) is 21.0. The van der Waals surface area contributed by atoms with Gasteiger partial charge in [0.05, 0.1) is 47.3 Å². The van der Waals surface area contributed by atoms with Crippen molar-refractivity contribution in [1.29, 1.82) is 0 Å². The van der Waals surface area contributed by atoms with Gasteiger partial charge >= 0.3 is 0 Å². The molecule has 1 aliphatic rings. The van der Waals surface area contributed by atoms with Gasteiger partial charge in [-0.15, -0.1) is 0 Å². The van der Waals surface area contributed by atoms with E-state index in [1.807, 2.05) is 38.4 Å². The van der Waals surface area contributed by atoms with Gasteiger partial charge in [-0.1, -0.05) is 11.2 Å². The first-order valence-electron chi connectivity index (χ1n) is 12.4. The standard InChI is InChI=1S/C28H29N5O3/c1-16-26(18(3)36-32-16)21-13-23-20(14-25(21)34-4)27-24(15-30-23)31-28(19-8-11-35-12-9-19)33(27)17(2)22-7-5-6-10-29-22/h5-7,10,13-15,17,19H,8-9,11-12H2,1-4H3/t17-/m0/s1. The summed E-state index contributed by atoms with van der Waals surface area (Å²) in [6.07, 6.45) is 5.62. The Hall–Kier alpha value is -3.78. The van der Waals surface area contributed by atoms with Crippen molar-refractivity contribution in [3.63, 3.8) is 0 Å². The lowest BCUT2D eigenvalue weighted by molar-refractivity contribution is 0.0828. The van der Waals surface area contributed by atoms with Crippen LogP contribution in [-0.2, 0) is 4.74 Å². The largest absolute Gasteiger partial charge is 0.496 e. The molecule has 0 spiro atoms. The number of rotatable bonds is 5. The van der Waals surface area contributed by atoms with E-state index in [0.717, 1.165) is 87.8 Å². The van der Waals surface area contributed by atoms with Gasteiger partial charge in [0.2, 0.25) is 0 Å². The average Bonchev–Trinajstić information content (AvgIpc) is 3.48. The lowest BCUT2D eigenvalue weighted by atomic mass is 9.98. The van der Waals surface area contributed by atoms with E-state index in [-0.39, 0.29) is 6.04 Å². The normalized spacial score (nSPS) is 15.6. The van der Waals surface area contributed by atoms with Crippen molar-refractivity contribution in [2.75, 3.05) is 20.3 Å². The maximum atomic E-state index is 5.89. The molecule has 1 aliphatic heterocycles. The van der Waals surface area contributed by atoms with Crippen LogP contribution in [0.3, 0.4) is 0 Å². The molecule has 36 heavy (non-hydrogen) atoms. The quantitative estimate of drug-likeness (QED) is 0.314. The maximum absolute atomic E-state index is 5.89. The zero-order chi connectivity index (χ0) is 24.8. The number of nitrogens with zero attached hydrogens (tertiary/aromatic N) is 5. The number of benzene rings is 1. The Morgan fingerprint density at radius 3 is 2.61 bits per heavy atom. The Bertz CT molecular complexity index is 1530. The van der Waals surface area contributed by atoms with Crippen molar-refractivity contribution in [3.05, 3.63) is 65.7 Å². The maximum Gasteiger partial charge on any atom is 0.141 e. The number of hydrogen-bond acceptors (Lipinski definition) is 7.